The number of carboxylic acid groups (broad SMARTS) is 1. The van der Waals surface area contributed by atoms with Crippen LogP contribution in [0.25, 0.3) is 0 Å². The molecule has 1 aromatic carbocycles. The Balaban J connectivity index is 2.05. The van der Waals surface area contributed by atoms with Crippen molar-refractivity contribution in [2.24, 2.45) is 0 Å². The third-order valence-electron chi connectivity index (χ3n) is 3.55. The summed E-state index contributed by atoms with van der Waals surface area (Å²) < 4.78 is 12.0. The van der Waals surface area contributed by atoms with Gasteiger partial charge in [-0.15, -0.1) is 0 Å². The van der Waals surface area contributed by atoms with E-state index in [4.69, 9.17) is 14.6 Å². The first-order valence-electron chi connectivity index (χ1n) is 6.85. The third-order valence-corrected chi connectivity index (χ3v) is 3.55. The van der Waals surface area contributed by atoms with E-state index in [0.29, 0.717) is 0 Å². The summed E-state index contributed by atoms with van der Waals surface area (Å²) >= 11 is 0. The summed E-state index contributed by atoms with van der Waals surface area (Å²) in [5.41, 5.74) is 0.257. The van der Waals surface area contributed by atoms with Gasteiger partial charge in [0.1, 0.15) is 17.5 Å². The van der Waals surface area contributed by atoms with Gasteiger partial charge in [-0.2, -0.15) is 0 Å². The molecule has 0 radical (unpaired) electrons. The minimum absolute atomic E-state index is 0.0113. The van der Waals surface area contributed by atoms with Crippen LogP contribution in [-0.4, -0.2) is 28.4 Å². The zero-order valence-electron chi connectivity index (χ0n) is 12.5. The normalized spacial score (nSPS) is 23.5. The van der Waals surface area contributed by atoms with E-state index in [1.54, 1.807) is 12.1 Å². The predicted molar refractivity (Wildman–Crippen MR) is 76.1 cm³/mol. The molecule has 2 rings (SSSR count). The molecule has 1 aromatic rings. The maximum atomic E-state index is 10.6. The Morgan fingerprint density at radius 1 is 1.30 bits per heavy atom. The summed E-state index contributed by atoms with van der Waals surface area (Å²) in [6.45, 7) is 8.19. The lowest BCUT2D eigenvalue weighted by atomic mass is 9.97. The molecular weight excluding hydrogens is 256 g/mol. The molecule has 0 spiro atoms. The van der Waals surface area contributed by atoms with Crippen LogP contribution in [0.5, 0.6) is 5.75 Å². The predicted octanol–water partition coefficient (Wildman–Crippen LogP) is 3.04. The fraction of sp³-hybridized carbons (Fsp3) is 0.562. The van der Waals surface area contributed by atoms with Gasteiger partial charge in [-0.3, -0.25) is 4.79 Å². The van der Waals surface area contributed by atoms with E-state index in [1.807, 2.05) is 26.0 Å². The Kier molecular flexibility index (Phi) is 3.78. The van der Waals surface area contributed by atoms with Crippen molar-refractivity contribution in [3.63, 3.8) is 0 Å². The van der Waals surface area contributed by atoms with Crippen molar-refractivity contribution in [2.45, 2.75) is 57.8 Å². The van der Waals surface area contributed by atoms with Crippen LogP contribution in [0.1, 0.15) is 39.7 Å². The van der Waals surface area contributed by atoms with Gasteiger partial charge in [0.05, 0.1) is 12.0 Å². The molecule has 0 bridgehead atoms. The number of hydrogen-bond donors (Lipinski definition) is 1. The monoisotopic (exact) mass is 278 g/mol. The molecule has 20 heavy (non-hydrogen) atoms. The minimum atomic E-state index is -0.828. The maximum absolute atomic E-state index is 10.6. The van der Waals surface area contributed by atoms with E-state index in [-0.39, 0.29) is 23.7 Å². The van der Waals surface area contributed by atoms with Gasteiger partial charge in [-0.05, 0) is 45.4 Å². The van der Waals surface area contributed by atoms with Crippen LogP contribution in [-0.2, 0) is 16.0 Å². The number of rotatable bonds is 4. The molecule has 0 saturated carbocycles. The second kappa shape index (κ2) is 5.09. The number of ether oxygens (including phenoxy) is 2. The van der Waals surface area contributed by atoms with E-state index in [1.165, 1.54) is 0 Å². The average molecular weight is 278 g/mol. The van der Waals surface area contributed by atoms with Crippen molar-refractivity contribution in [1.29, 1.82) is 0 Å². The van der Waals surface area contributed by atoms with Crippen molar-refractivity contribution >= 4 is 5.97 Å². The number of aliphatic carboxylic acids is 1. The highest BCUT2D eigenvalue weighted by Crippen LogP contribution is 2.39. The number of hydrogen-bond acceptors (Lipinski definition) is 3. The zero-order chi connectivity index (χ0) is 15.0. The fourth-order valence-corrected chi connectivity index (χ4v) is 2.72. The van der Waals surface area contributed by atoms with Crippen LogP contribution in [0.15, 0.2) is 24.3 Å². The molecule has 1 N–H and O–H groups in total. The summed E-state index contributed by atoms with van der Waals surface area (Å²) in [6, 6.07) is 7.22. The topological polar surface area (TPSA) is 55.8 Å². The van der Waals surface area contributed by atoms with Crippen LogP contribution in [0.3, 0.4) is 0 Å². The Morgan fingerprint density at radius 2 is 1.90 bits per heavy atom. The SMILES string of the molecule is CC1(C)CC(Oc2ccc(CC(=O)O)cc2)C(C)(C)O1. The molecule has 0 amide bonds. The van der Waals surface area contributed by atoms with Crippen LogP contribution in [0.4, 0.5) is 0 Å². The van der Waals surface area contributed by atoms with Crippen molar-refractivity contribution in [2.75, 3.05) is 0 Å². The van der Waals surface area contributed by atoms with Crippen LogP contribution in [0.2, 0.25) is 0 Å². The van der Waals surface area contributed by atoms with Gasteiger partial charge in [-0.25, -0.2) is 0 Å². The molecule has 0 aromatic heterocycles. The first-order chi connectivity index (χ1) is 9.18. The molecule has 1 heterocycles. The Labute approximate surface area is 119 Å². The van der Waals surface area contributed by atoms with E-state index in [9.17, 15) is 4.79 Å². The molecule has 1 atom stereocenters. The largest absolute Gasteiger partial charge is 0.487 e. The average Bonchev–Trinajstić information content (AvgIpc) is 2.48. The highest BCUT2D eigenvalue weighted by Gasteiger charge is 2.47. The molecule has 1 aliphatic heterocycles. The van der Waals surface area contributed by atoms with Gasteiger partial charge in [0.25, 0.3) is 0 Å². The first kappa shape index (κ1) is 14.9. The summed E-state index contributed by atoms with van der Waals surface area (Å²) in [4.78, 5) is 10.6. The minimum Gasteiger partial charge on any atom is -0.487 e. The lowest BCUT2D eigenvalue weighted by Gasteiger charge is -2.27. The smallest absolute Gasteiger partial charge is 0.307 e. The van der Waals surface area contributed by atoms with E-state index >= 15 is 0 Å². The summed E-state index contributed by atoms with van der Waals surface area (Å²) in [5, 5.41) is 8.74. The van der Waals surface area contributed by atoms with Crippen LogP contribution >= 0.6 is 0 Å². The second-order valence-electron chi connectivity index (χ2n) is 6.49. The van der Waals surface area contributed by atoms with Gasteiger partial charge in [0.2, 0.25) is 0 Å². The molecule has 4 nitrogen and oxygen atoms in total. The fourth-order valence-electron chi connectivity index (χ4n) is 2.72. The Morgan fingerprint density at radius 3 is 2.35 bits per heavy atom. The first-order valence-corrected chi connectivity index (χ1v) is 6.85. The van der Waals surface area contributed by atoms with Crippen LogP contribution in [0, 0.1) is 0 Å². The summed E-state index contributed by atoms with van der Waals surface area (Å²) in [7, 11) is 0. The molecule has 1 aliphatic rings. The van der Waals surface area contributed by atoms with Gasteiger partial charge in [-0.1, -0.05) is 12.1 Å². The van der Waals surface area contributed by atoms with E-state index in [0.717, 1.165) is 17.7 Å². The molecule has 110 valence electrons. The highest BCUT2D eigenvalue weighted by molar-refractivity contribution is 5.70. The molecule has 1 unspecified atom stereocenters. The maximum Gasteiger partial charge on any atom is 0.307 e. The lowest BCUT2D eigenvalue weighted by Crippen LogP contribution is -2.36. The molecule has 0 aliphatic carbocycles. The van der Waals surface area contributed by atoms with Crippen molar-refractivity contribution in [3.05, 3.63) is 29.8 Å². The lowest BCUT2D eigenvalue weighted by molar-refractivity contribution is -0.136. The second-order valence-corrected chi connectivity index (χ2v) is 6.49. The standard InChI is InChI=1S/C16H22O4/c1-15(2)10-13(16(3,4)20-15)19-12-7-5-11(6-8-12)9-14(17)18/h5-8,13H,9-10H2,1-4H3,(H,17,18). The number of carbonyl (C=O) groups is 1. The van der Waals surface area contributed by atoms with Crippen molar-refractivity contribution in [3.8, 4) is 5.75 Å². The quantitative estimate of drug-likeness (QED) is 0.919. The molecule has 4 heteroatoms. The van der Waals surface area contributed by atoms with E-state index < -0.39 is 5.97 Å². The van der Waals surface area contributed by atoms with Crippen LogP contribution < -0.4 is 4.74 Å². The van der Waals surface area contributed by atoms with E-state index in [2.05, 4.69) is 13.8 Å². The van der Waals surface area contributed by atoms with Gasteiger partial charge in [0.15, 0.2) is 0 Å². The van der Waals surface area contributed by atoms with Gasteiger partial charge in [0, 0.05) is 6.42 Å². The summed E-state index contributed by atoms with van der Waals surface area (Å²) in [5.74, 6) is -0.0794. The number of benzene rings is 1. The highest BCUT2D eigenvalue weighted by atomic mass is 16.6. The molecule has 1 saturated heterocycles. The van der Waals surface area contributed by atoms with Gasteiger partial charge < -0.3 is 14.6 Å². The molecule has 1 fully saturated rings. The summed E-state index contributed by atoms with van der Waals surface area (Å²) in [6.07, 6.45) is 0.852. The van der Waals surface area contributed by atoms with Crippen molar-refractivity contribution < 1.29 is 19.4 Å². The Bertz CT molecular complexity index is 488. The van der Waals surface area contributed by atoms with Crippen molar-refractivity contribution in [1.82, 2.24) is 0 Å². The zero-order valence-corrected chi connectivity index (χ0v) is 12.5. The number of carboxylic acids is 1. The van der Waals surface area contributed by atoms with Gasteiger partial charge >= 0.3 is 5.97 Å². The molecular formula is C16H22O4. The third kappa shape index (κ3) is 3.51. The Hall–Kier alpha value is -1.55.